The SMILES string of the molecule is Cc1cccc(CC2CCCN(C(=O)c3ccc4ncccc4c3)C2)n1. The van der Waals surface area contributed by atoms with E-state index in [9.17, 15) is 4.79 Å². The Morgan fingerprint density at radius 3 is 3.00 bits per heavy atom. The molecule has 0 aliphatic carbocycles. The number of hydrogen-bond donors (Lipinski definition) is 0. The molecule has 1 aliphatic rings. The Morgan fingerprint density at radius 1 is 1.19 bits per heavy atom. The first-order valence-corrected chi connectivity index (χ1v) is 9.25. The number of nitrogens with zero attached hydrogens (tertiary/aromatic N) is 3. The van der Waals surface area contributed by atoms with Gasteiger partial charge in [0, 0.05) is 41.6 Å². The van der Waals surface area contributed by atoms with E-state index in [0.29, 0.717) is 5.92 Å². The Labute approximate surface area is 153 Å². The molecule has 0 saturated carbocycles. The number of carbonyl (C=O) groups excluding carboxylic acids is 1. The molecule has 4 heteroatoms. The third-order valence-electron chi connectivity index (χ3n) is 5.10. The van der Waals surface area contributed by atoms with Crippen molar-refractivity contribution in [3.63, 3.8) is 0 Å². The van der Waals surface area contributed by atoms with Gasteiger partial charge in [-0.1, -0.05) is 12.1 Å². The van der Waals surface area contributed by atoms with Crippen LogP contribution in [0.3, 0.4) is 0 Å². The second-order valence-electron chi connectivity index (χ2n) is 7.14. The molecular formula is C22H23N3O. The van der Waals surface area contributed by atoms with E-state index in [1.54, 1.807) is 6.20 Å². The van der Waals surface area contributed by atoms with E-state index in [2.05, 4.69) is 22.1 Å². The van der Waals surface area contributed by atoms with E-state index in [0.717, 1.165) is 60.2 Å². The number of hydrogen-bond acceptors (Lipinski definition) is 3. The molecule has 26 heavy (non-hydrogen) atoms. The van der Waals surface area contributed by atoms with Crippen molar-refractivity contribution in [2.45, 2.75) is 26.2 Å². The van der Waals surface area contributed by atoms with Gasteiger partial charge in [-0.15, -0.1) is 0 Å². The standard InChI is InChI=1S/C22H23N3O/c1-16-5-2-8-20(24-16)13-17-6-4-12-25(15-17)22(26)19-9-10-21-18(14-19)7-3-11-23-21/h2-3,5,7-11,14,17H,4,6,12-13,15H2,1H3. The molecule has 1 unspecified atom stereocenters. The molecule has 1 aromatic carbocycles. The van der Waals surface area contributed by atoms with Gasteiger partial charge in [0.2, 0.25) is 0 Å². The maximum absolute atomic E-state index is 13.0. The summed E-state index contributed by atoms with van der Waals surface area (Å²) < 4.78 is 0. The number of benzene rings is 1. The summed E-state index contributed by atoms with van der Waals surface area (Å²) in [4.78, 5) is 23.9. The molecule has 3 heterocycles. The van der Waals surface area contributed by atoms with Gasteiger partial charge in [-0.25, -0.2) is 0 Å². The van der Waals surface area contributed by atoms with Crippen molar-refractivity contribution in [1.29, 1.82) is 0 Å². The van der Waals surface area contributed by atoms with Gasteiger partial charge < -0.3 is 4.90 Å². The minimum atomic E-state index is 0.123. The van der Waals surface area contributed by atoms with Crippen LogP contribution in [0.15, 0.2) is 54.7 Å². The number of amides is 1. The lowest BCUT2D eigenvalue weighted by molar-refractivity contribution is 0.0673. The zero-order valence-corrected chi connectivity index (χ0v) is 15.1. The van der Waals surface area contributed by atoms with Crippen molar-refractivity contribution in [3.8, 4) is 0 Å². The fourth-order valence-corrected chi connectivity index (χ4v) is 3.82. The summed E-state index contributed by atoms with van der Waals surface area (Å²) in [5.74, 6) is 0.599. The maximum Gasteiger partial charge on any atom is 0.253 e. The first kappa shape index (κ1) is 16.7. The predicted octanol–water partition coefficient (Wildman–Crippen LogP) is 4.03. The van der Waals surface area contributed by atoms with Crippen LogP contribution < -0.4 is 0 Å². The molecule has 1 aliphatic heterocycles. The van der Waals surface area contributed by atoms with Crippen LogP contribution in [0.4, 0.5) is 0 Å². The summed E-state index contributed by atoms with van der Waals surface area (Å²) in [6.45, 7) is 3.66. The first-order chi connectivity index (χ1) is 12.7. The summed E-state index contributed by atoms with van der Waals surface area (Å²) >= 11 is 0. The molecule has 4 rings (SSSR count). The van der Waals surface area contributed by atoms with Crippen molar-refractivity contribution in [2.75, 3.05) is 13.1 Å². The van der Waals surface area contributed by atoms with E-state index in [1.807, 2.05) is 48.2 Å². The van der Waals surface area contributed by atoms with Crippen molar-refractivity contribution in [3.05, 3.63) is 71.7 Å². The lowest BCUT2D eigenvalue weighted by atomic mass is 9.92. The van der Waals surface area contributed by atoms with Gasteiger partial charge in [0.05, 0.1) is 5.52 Å². The van der Waals surface area contributed by atoms with E-state index in [1.165, 1.54) is 0 Å². The summed E-state index contributed by atoms with van der Waals surface area (Å²) in [5.41, 5.74) is 3.85. The smallest absolute Gasteiger partial charge is 0.253 e. The Bertz CT molecular complexity index is 937. The second kappa shape index (κ2) is 7.24. The normalized spacial score (nSPS) is 17.4. The van der Waals surface area contributed by atoms with Gasteiger partial charge in [0.25, 0.3) is 5.91 Å². The maximum atomic E-state index is 13.0. The third-order valence-corrected chi connectivity index (χ3v) is 5.10. The highest BCUT2D eigenvalue weighted by molar-refractivity contribution is 5.98. The summed E-state index contributed by atoms with van der Waals surface area (Å²) in [6.07, 6.45) is 4.92. The molecule has 132 valence electrons. The zero-order valence-electron chi connectivity index (χ0n) is 15.1. The van der Waals surface area contributed by atoms with E-state index in [-0.39, 0.29) is 5.91 Å². The van der Waals surface area contributed by atoms with E-state index >= 15 is 0 Å². The second-order valence-corrected chi connectivity index (χ2v) is 7.14. The first-order valence-electron chi connectivity index (χ1n) is 9.25. The van der Waals surface area contributed by atoms with Gasteiger partial charge >= 0.3 is 0 Å². The van der Waals surface area contributed by atoms with Crippen LogP contribution in [0.2, 0.25) is 0 Å². The molecule has 1 atom stereocenters. The fourth-order valence-electron chi connectivity index (χ4n) is 3.82. The Morgan fingerprint density at radius 2 is 2.12 bits per heavy atom. The molecular weight excluding hydrogens is 322 g/mol. The molecule has 0 N–H and O–H groups in total. The number of fused-ring (bicyclic) bond motifs is 1. The highest BCUT2D eigenvalue weighted by atomic mass is 16.2. The highest BCUT2D eigenvalue weighted by Gasteiger charge is 2.25. The summed E-state index contributed by atoms with van der Waals surface area (Å²) in [5, 5.41) is 1.01. The highest BCUT2D eigenvalue weighted by Crippen LogP contribution is 2.23. The van der Waals surface area contributed by atoms with Crippen LogP contribution in [0.5, 0.6) is 0 Å². The van der Waals surface area contributed by atoms with Crippen LogP contribution in [0, 0.1) is 12.8 Å². The number of aromatic nitrogens is 2. The number of carbonyl (C=O) groups is 1. The topological polar surface area (TPSA) is 46.1 Å². The molecule has 1 amide bonds. The van der Waals surface area contributed by atoms with Crippen LogP contribution in [-0.4, -0.2) is 33.9 Å². The third kappa shape index (κ3) is 3.59. The largest absolute Gasteiger partial charge is 0.338 e. The Balaban J connectivity index is 1.48. The quantitative estimate of drug-likeness (QED) is 0.720. The van der Waals surface area contributed by atoms with Crippen molar-refractivity contribution in [1.82, 2.24) is 14.9 Å². The average Bonchev–Trinajstić information content (AvgIpc) is 2.67. The molecule has 3 aromatic rings. The van der Waals surface area contributed by atoms with Gasteiger partial charge in [0.1, 0.15) is 0 Å². The Kier molecular flexibility index (Phi) is 4.65. The fraction of sp³-hybridized carbons (Fsp3) is 0.318. The lowest BCUT2D eigenvalue weighted by Gasteiger charge is -2.33. The molecule has 4 nitrogen and oxygen atoms in total. The van der Waals surface area contributed by atoms with Crippen LogP contribution in [0.1, 0.15) is 34.6 Å². The Hall–Kier alpha value is -2.75. The van der Waals surface area contributed by atoms with E-state index < -0.39 is 0 Å². The van der Waals surface area contributed by atoms with E-state index in [4.69, 9.17) is 0 Å². The summed E-state index contributed by atoms with van der Waals surface area (Å²) in [7, 11) is 0. The van der Waals surface area contributed by atoms with Crippen molar-refractivity contribution < 1.29 is 4.79 Å². The van der Waals surface area contributed by atoms with Crippen molar-refractivity contribution >= 4 is 16.8 Å². The molecule has 0 radical (unpaired) electrons. The van der Waals surface area contributed by atoms with Crippen LogP contribution in [0.25, 0.3) is 10.9 Å². The average molecular weight is 345 g/mol. The minimum absolute atomic E-state index is 0.123. The molecule has 0 spiro atoms. The zero-order chi connectivity index (χ0) is 17.9. The van der Waals surface area contributed by atoms with Crippen LogP contribution >= 0.6 is 0 Å². The molecule has 0 bridgehead atoms. The molecule has 1 saturated heterocycles. The molecule has 1 fully saturated rings. The van der Waals surface area contributed by atoms with Gasteiger partial charge in [-0.05, 0) is 68.5 Å². The number of likely N-dealkylation sites (tertiary alicyclic amines) is 1. The monoisotopic (exact) mass is 345 g/mol. The predicted molar refractivity (Wildman–Crippen MR) is 103 cm³/mol. The number of rotatable bonds is 3. The van der Waals surface area contributed by atoms with Gasteiger partial charge in [-0.2, -0.15) is 0 Å². The minimum Gasteiger partial charge on any atom is -0.338 e. The number of piperidine rings is 1. The van der Waals surface area contributed by atoms with Gasteiger partial charge in [-0.3, -0.25) is 14.8 Å². The van der Waals surface area contributed by atoms with Gasteiger partial charge in [0.15, 0.2) is 0 Å². The number of pyridine rings is 2. The lowest BCUT2D eigenvalue weighted by Crippen LogP contribution is -2.40. The van der Waals surface area contributed by atoms with Crippen LogP contribution in [-0.2, 0) is 6.42 Å². The summed E-state index contributed by atoms with van der Waals surface area (Å²) in [6, 6.07) is 15.9. The molecule has 2 aromatic heterocycles. The number of aryl methyl sites for hydroxylation is 1. The van der Waals surface area contributed by atoms with Crippen molar-refractivity contribution in [2.24, 2.45) is 5.92 Å².